The Balaban J connectivity index is 1.42. The summed E-state index contributed by atoms with van der Waals surface area (Å²) < 4.78 is 5.33. The van der Waals surface area contributed by atoms with Crippen molar-refractivity contribution < 1.29 is 14.0 Å². The van der Waals surface area contributed by atoms with Crippen molar-refractivity contribution in [2.24, 2.45) is 5.92 Å². The summed E-state index contributed by atoms with van der Waals surface area (Å²) in [6.45, 7) is 1.05. The minimum atomic E-state index is -0.217. The second kappa shape index (κ2) is 7.75. The molecule has 3 heterocycles. The summed E-state index contributed by atoms with van der Waals surface area (Å²) in [6, 6.07) is 13.0. The monoisotopic (exact) mass is 381 g/mol. The predicted molar refractivity (Wildman–Crippen MR) is 104 cm³/mol. The lowest BCUT2D eigenvalue weighted by Gasteiger charge is -2.31. The van der Waals surface area contributed by atoms with Gasteiger partial charge in [-0.15, -0.1) is 11.3 Å². The fraction of sp³-hybridized carbons (Fsp3) is 0.250. The number of rotatable bonds is 4. The van der Waals surface area contributed by atoms with E-state index in [1.165, 1.54) is 11.3 Å². The van der Waals surface area contributed by atoms with Gasteiger partial charge in [-0.05, 0) is 37.1 Å². The number of benzene rings is 1. The Labute approximate surface area is 160 Å². The van der Waals surface area contributed by atoms with Crippen molar-refractivity contribution in [2.45, 2.75) is 12.8 Å². The van der Waals surface area contributed by atoms with Crippen LogP contribution in [0.15, 0.2) is 58.5 Å². The highest BCUT2D eigenvalue weighted by Gasteiger charge is 2.30. The van der Waals surface area contributed by atoms with Gasteiger partial charge in [0.2, 0.25) is 5.91 Å². The summed E-state index contributed by atoms with van der Waals surface area (Å²) in [5, 5.41) is 5.35. The summed E-state index contributed by atoms with van der Waals surface area (Å²) in [7, 11) is 0. The SMILES string of the molecule is O=C(Nc1ccccc1)C1CCCN(C(=O)c2csc(-c3ccco3)n2)C1. The summed E-state index contributed by atoms with van der Waals surface area (Å²) in [5.41, 5.74) is 1.17. The summed E-state index contributed by atoms with van der Waals surface area (Å²) >= 11 is 1.38. The average molecular weight is 381 g/mol. The number of carbonyl (C=O) groups is 2. The molecule has 0 bridgehead atoms. The highest BCUT2D eigenvalue weighted by molar-refractivity contribution is 7.13. The third-order valence-corrected chi connectivity index (χ3v) is 5.43. The predicted octanol–water partition coefficient (Wildman–Crippen LogP) is 3.89. The number of amides is 2. The van der Waals surface area contributed by atoms with Crippen molar-refractivity contribution in [3.8, 4) is 10.8 Å². The molecule has 0 spiro atoms. The molecule has 3 aromatic rings. The number of nitrogens with one attached hydrogen (secondary N) is 1. The van der Waals surface area contributed by atoms with Crippen LogP contribution in [0.5, 0.6) is 0 Å². The van der Waals surface area contributed by atoms with Crippen molar-refractivity contribution in [2.75, 3.05) is 18.4 Å². The normalized spacial score (nSPS) is 16.9. The van der Waals surface area contributed by atoms with Crippen LogP contribution in [0.1, 0.15) is 23.3 Å². The Hall–Kier alpha value is -2.93. The molecule has 7 heteroatoms. The van der Waals surface area contributed by atoms with E-state index in [2.05, 4.69) is 10.3 Å². The van der Waals surface area contributed by atoms with Gasteiger partial charge >= 0.3 is 0 Å². The van der Waals surface area contributed by atoms with Gasteiger partial charge in [0, 0.05) is 24.2 Å². The van der Waals surface area contributed by atoms with Gasteiger partial charge < -0.3 is 14.6 Å². The number of furan rings is 1. The van der Waals surface area contributed by atoms with E-state index in [9.17, 15) is 9.59 Å². The summed E-state index contributed by atoms with van der Waals surface area (Å²) in [5.74, 6) is 0.249. The molecule has 138 valence electrons. The van der Waals surface area contributed by atoms with E-state index in [4.69, 9.17) is 4.42 Å². The molecule has 1 saturated heterocycles. The number of carbonyl (C=O) groups excluding carboxylic acids is 2. The van der Waals surface area contributed by atoms with Gasteiger partial charge in [0.15, 0.2) is 10.8 Å². The van der Waals surface area contributed by atoms with Gasteiger partial charge in [-0.25, -0.2) is 4.98 Å². The molecule has 4 rings (SSSR count). The Morgan fingerprint density at radius 2 is 2.04 bits per heavy atom. The van der Waals surface area contributed by atoms with Crippen molar-refractivity contribution in [3.05, 3.63) is 59.8 Å². The molecule has 0 saturated carbocycles. The Kier molecular flexibility index (Phi) is 5.02. The zero-order valence-corrected chi connectivity index (χ0v) is 15.4. The van der Waals surface area contributed by atoms with Crippen LogP contribution in [-0.4, -0.2) is 34.8 Å². The molecule has 1 N–H and O–H groups in total. The van der Waals surface area contributed by atoms with E-state index in [0.717, 1.165) is 18.5 Å². The van der Waals surface area contributed by atoms with Crippen molar-refractivity contribution in [1.82, 2.24) is 9.88 Å². The molecule has 1 aliphatic rings. The molecule has 1 fully saturated rings. The van der Waals surface area contributed by atoms with Gasteiger partial charge in [0.1, 0.15) is 5.69 Å². The van der Waals surface area contributed by atoms with E-state index >= 15 is 0 Å². The highest BCUT2D eigenvalue weighted by Crippen LogP contribution is 2.26. The van der Waals surface area contributed by atoms with Crippen LogP contribution in [0.3, 0.4) is 0 Å². The number of likely N-dealkylation sites (tertiary alicyclic amines) is 1. The van der Waals surface area contributed by atoms with Crippen LogP contribution < -0.4 is 5.32 Å². The van der Waals surface area contributed by atoms with Crippen LogP contribution >= 0.6 is 11.3 Å². The maximum atomic E-state index is 12.8. The average Bonchev–Trinajstić information content (AvgIpc) is 3.40. The molecule has 0 radical (unpaired) electrons. The first-order valence-corrected chi connectivity index (χ1v) is 9.73. The molecule has 1 aliphatic heterocycles. The third kappa shape index (κ3) is 3.93. The number of hydrogen-bond donors (Lipinski definition) is 1. The molecule has 1 aromatic carbocycles. The number of aromatic nitrogens is 1. The molecule has 1 unspecified atom stereocenters. The third-order valence-electron chi connectivity index (χ3n) is 4.58. The van der Waals surface area contributed by atoms with Gasteiger partial charge in [0.05, 0.1) is 12.2 Å². The van der Waals surface area contributed by atoms with E-state index in [0.29, 0.717) is 29.6 Å². The van der Waals surface area contributed by atoms with Crippen LogP contribution in [-0.2, 0) is 4.79 Å². The Morgan fingerprint density at radius 1 is 1.19 bits per heavy atom. The maximum Gasteiger partial charge on any atom is 0.273 e. The van der Waals surface area contributed by atoms with Crippen LogP contribution in [0.4, 0.5) is 5.69 Å². The first kappa shape index (κ1) is 17.5. The second-order valence-electron chi connectivity index (χ2n) is 6.46. The number of piperidine rings is 1. The van der Waals surface area contributed by atoms with Crippen LogP contribution in [0, 0.1) is 5.92 Å². The molecule has 6 nitrogen and oxygen atoms in total. The van der Waals surface area contributed by atoms with Gasteiger partial charge in [-0.2, -0.15) is 0 Å². The lowest BCUT2D eigenvalue weighted by molar-refractivity contribution is -0.121. The van der Waals surface area contributed by atoms with Crippen LogP contribution in [0.2, 0.25) is 0 Å². The molecular weight excluding hydrogens is 362 g/mol. The number of para-hydroxylation sites is 1. The lowest BCUT2D eigenvalue weighted by Crippen LogP contribution is -2.43. The van der Waals surface area contributed by atoms with E-state index in [-0.39, 0.29) is 17.7 Å². The first-order chi connectivity index (χ1) is 13.2. The standard InChI is InChI=1S/C20H19N3O3S/c24-18(21-15-7-2-1-3-8-15)14-6-4-10-23(12-14)20(25)16-13-27-19(22-16)17-9-5-11-26-17/h1-3,5,7-9,11,13-14H,4,6,10,12H2,(H,21,24). The number of thiazole rings is 1. The molecule has 27 heavy (non-hydrogen) atoms. The van der Waals surface area contributed by atoms with E-state index in [1.54, 1.807) is 22.6 Å². The zero-order chi connectivity index (χ0) is 18.6. The second-order valence-corrected chi connectivity index (χ2v) is 7.32. The number of hydrogen-bond acceptors (Lipinski definition) is 5. The molecule has 1 atom stereocenters. The van der Waals surface area contributed by atoms with Crippen molar-refractivity contribution in [1.29, 1.82) is 0 Å². The summed E-state index contributed by atoms with van der Waals surface area (Å²) in [4.78, 5) is 31.5. The van der Waals surface area contributed by atoms with Crippen LogP contribution in [0.25, 0.3) is 10.8 Å². The smallest absolute Gasteiger partial charge is 0.273 e. The quantitative estimate of drug-likeness (QED) is 0.744. The Bertz CT molecular complexity index is 921. The van der Waals surface area contributed by atoms with Gasteiger partial charge in [0.25, 0.3) is 5.91 Å². The Morgan fingerprint density at radius 3 is 2.81 bits per heavy atom. The molecule has 2 amide bonds. The fourth-order valence-electron chi connectivity index (χ4n) is 3.19. The van der Waals surface area contributed by atoms with E-state index in [1.807, 2.05) is 36.4 Å². The van der Waals surface area contributed by atoms with E-state index < -0.39 is 0 Å². The molecular formula is C20H19N3O3S. The zero-order valence-electron chi connectivity index (χ0n) is 14.6. The first-order valence-electron chi connectivity index (χ1n) is 8.85. The maximum absolute atomic E-state index is 12.8. The fourth-order valence-corrected chi connectivity index (χ4v) is 3.95. The lowest BCUT2D eigenvalue weighted by atomic mass is 9.96. The topological polar surface area (TPSA) is 75.4 Å². The minimum absolute atomic E-state index is 0.0479. The van der Waals surface area contributed by atoms with Crippen molar-refractivity contribution >= 4 is 28.8 Å². The minimum Gasteiger partial charge on any atom is -0.462 e. The van der Waals surface area contributed by atoms with Gasteiger partial charge in [-0.3, -0.25) is 9.59 Å². The molecule has 2 aromatic heterocycles. The largest absolute Gasteiger partial charge is 0.462 e. The molecule has 0 aliphatic carbocycles. The number of nitrogens with zero attached hydrogens (tertiary/aromatic N) is 2. The highest BCUT2D eigenvalue weighted by atomic mass is 32.1. The number of anilines is 1. The summed E-state index contributed by atoms with van der Waals surface area (Å²) in [6.07, 6.45) is 3.16. The van der Waals surface area contributed by atoms with Crippen molar-refractivity contribution in [3.63, 3.8) is 0 Å². The van der Waals surface area contributed by atoms with Gasteiger partial charge in [-0.1, -0.05) is 18.2 Å².